The summed E-state index contributed by atoms with van der Waals surface area (Å²) < 4.78 is 40.0. The van der Waals surface area contributed by atoms with Crippen molar-refractivity contribution < 1.29 is 22.7 Å². The Morgan fingerprint density at radius 2 is 1.66 bits per heavy atom. The van der Waals surface area contributed by atoms with Crippen LogP contribution in [0, 0.1) is 0 Å². The van der Waals surface area contributed by atoms with Gasteiger partial charge in [-0.25, -0.2) is 8.42 Å². The zero-order valence-corrected chi connectivity index (χ0v) is 26.7. The van der Waals surface area contributed by atoms with Crippen LogP contribution in [-0.4, -0.2) is 76.5 Å². The number of rotatable bonds is 12. The van der Waals surface area contributed by atoms with Gasteiger partial charge in [-0.2, -0.15) is 0 Å². The lowest BCUT2D eigenvalue weighted by molar-refractivity contribution is 0.0902. The van der Waals surface area contributed by atoms with Crippen LogP contribution in [-0.2, 0) is 10.0 Å². The fourth-order valence-electron chi connectivity index (χ4n) is 5.84. The van der Waals surface area contributed by atoms with E-state index in [1.165, 1.54) is 76.6 Å². The molecule has 2 fully saturated rings. The molecule has 2 N–H and O–H groups in total. The Balaban J connectivity index is 1.09. The maximum atomic E-state index is 13.2. The van der Waals surface area contributed by atoms with E-state index < -0.39 is 10.0 Å². The van der Waals surface area contributed by atoms with Gasteiger partial charge in [0.05, 0.1) is 22.7 Å². The average molecular weight is 641 g/mol. The van der Waals surface area contributed by atoms with Crippen LogP contribution in [0.2, 0.25) is 5.02 Å². The van der Waals surface area contributed by atoms with Gasteiger partial charge in [-0.3, -0.25) is 9.52 Å². The minimum absolute atomic E-state index is 0.0271. The Hall–Kier alpha value is -3.31. The molecular weight excluding hydrogens is 600 g/mol. The molecule has 0 spiro atoms. The number of amides is 1. The Labute approximate surface area is 265 Å². The number of ether oxygens (including phenoxy) is 2. The molecule has 3 aromatic carbocycles. The number of hydrogen-bond acceptors (Lipinski definition) is 7. The van der Waals surface area contributed by atoms with Crippen LogP contribution >= 0.6 is 11.6 Å². The van der Waals surface area contributed by atoms with Crippen molar-refractivity contribution in [2.45, 2.75) is 49.5 Å². The Morgan fingerprint density at radius 3 is 2.36 bits per heavy atom. The molecule has 0 unspecified atom stereocenters. The number of hydrogen-bond donors (Lipinski definition) is 2. The minimum Gasteiger partial charge on any atom is -0.497 e. The number of likely N-dealkylation sites (tertiary alicyclic amines) is 2. The van der Waals surface area contributed by atoms with E-state index >= 15 is 0 Å². The van der Waals surface area contributed by atoms with Crippen LogP contribution in [0.15, 0.2) is 71.6 Å². The average Bonchev–Trinajstić information content (AvgIpc) is 3.05. The van der Waals surface area contributed by atoms with Crippen molar-refractivity contribution in [1.29, 1.82) is 0 Å². The quantitative estimate of drug-likeness (QED) is 0.234. The van der Waals surface area contributed by atoms with Crippen molar-refractivity contribution in [2.75, 3.05) is 51.1 Å². The second-order valence-corrected chi connectivity index (χ2v) is 13.4. The number of benzene rings is 3. The standard InChI is InChI=1S/C33H41ClN4O5S/c1-42-27-12-15-31(29(34)24-27)43-32-9-4-3-8-30(32)36-44(40,41)28-13-10-25(11-14-28)33(39)35-18-7-19-37-22-16-26(17-23-37)38-20-5-2-6-21-38/h3-4,8-15,24,26,36H,2,5-7,16-23H2,1H3,(H,35,39). The molecule has 44 heavy (non-hydrogen) atoms. The fourth-order valence-corrected chi connectivity index (χ4v) is 7.12. The lowest BCUT2D eigenvalue weighted by atomic mass is 10.00. The van der Waals surface area contributed by atoms with Gasteiger partial charge in [0, 0.05) is 24.2 Å². The highest BCUT2D eigenvalue weighted by Gasteiger charge is 2.25. The van der Waals surface area contributed by atoms with Gasteiger partial charge in [-0.15, -0.1) is 0 Å². The van der Waals surface area contributed by atoms with Crippen molar-refractivity contribution in [2.24, 2.45) is 0 Å². The summed E-state index contributed by atoms with van der Waals surface area (Å²) in [5.41, 5.74) is 0.654. The highest BCUT2D eigenvalue weighted by Crippen LogP contribution is 2.36. The summed E-state index contributed by atoms with van der Waals surface area (Å²) in [6, 6.07) is 18.3. The molecular formula is C33H41ClN4O5S. The Bertz CT molecular complexity index is 1500. The Morgan fingerprint density at radius 1 is 0.932 bits per heavy atom. The number of para-hydroxylation sites is 2. The lowest BCUT2D eigenvalue weighted by Gasteiger charge is -2.40. The van der Waals surface area contributed by atoms with E-state index in [2.05, 4.69) is 19.8 Å². The molecule has 0 radical (unpaired) electrons. The number of carbonyl (C=O) groups excluding carboxylic acids is 1. The van der Waals surface area contributed by atoms with E-state index in [0.717, 1.165) is 32.1 Å². The van der Waals surface area contributed by atoms with E-state index in [0.29, 0.717) is 28.6 Å². The number of nitrogens with zero attached hydrogens (tertiary/aromatic N) is 2. The molecule has 0 aromatic heterocycles. The van der Waals surface area contributed by atoms with Gasteiger partial charge in [0.1, 0.15) is 11.5 Å². The molecule has 0 atom stereocenters. The van der Waals surface area contributed by atoms with Crippen LogP contribution in [0.1, 0.15) is 48.9 Å². The first-order valence-corrected chi connectivity index (χ1v) is 17.2. The van der Waals surface area contributed by atoms with E-state index in [1.807, 2.05) is 0 Å². The van der Waals surface area contributed by atoms with Gasteiger partial charge < -0.3 is 24.6 Å². The van der Waals surface area contributed by atoms with Crippen LogP contribution in [0.5, 0.6) is 17.2 Å². The van der Waals surface area contributed by atoms with Gasteiger partial charge in [-0.1, -0.05) is 30.2 Å². The zero-order valence-electron chi connectivity index (χ0n) is 25.1. The van der Waals surface area contributed by atoms with Gasteiger partial charge in [-0.05, 0) is 113 Å². The summed E-state index contributed by atoms with van der Waals surface area (Å²) >= 11 is 6.30. The maximum Gasteiger partial charge on any atom is 0.262 e. The number of methoxy groups -OCH3 is 1. The van der Waals surface area contributed by atoms with Crippen molar-refractivity contribution in [3.63, 3.8) is 0 Å². The van der Waals surface area contributed by atoms with E-state index in [4.69, 9.17) is 21.1 Å². The Kier molecular flexibility index (Phi) is 11.0. The molecule has 0 aliphatic carbocycles. The molecule has 0 saturated carbocycles. The summed E-state index contributed by atoms with van der Waals surface area (Å²) in [7, 11) is -2.42. The van der Waals surface area contributed by atoms with Gasteiger partial charge in [0.2, 0.25) is 0 Å². The molecule has 5 rings (SSSR count). The number of sulfonamides is 1. The zero-order chi connectivity index (χ0) is 30.9. The molecule has 3 aromatic rings. The molecule has 2 aliphatic rings. The SMILES string of the molecule is COc1ccc(Oc2ccccc2NS(=O)(=O)c2ccc(C(=O)NCCCN3CCC(N4CCCCC4)CC3)cc2)c(Cl)c1. The first-order valence-electron chi connectivity index (χ1n) is 15.3. The van der Waals surface area contributed by atoms with Crippen molar-refractivity contribution >= 4 is 33.2 Å². The topological polar surface area (TPSA) is 100 Å². The molecule has 1 amide bonds. The normalized spacial score (nSPS) is 16.8. The summed E-state index contributed by atoms with van der Waals surface area (Å²) in [6.45, 7) is 6.28. The van der Waals surface area contributed by atoms with E-state index in [1.54, 1.807) is 42.5 Å². The van der Waals surface area contributed by atoms with Crippen LogP contribution in [0.4, 0.5) is 5.69 Å². The highest BCUT2D eigenvalue weighted by molar-refractivity contribution is 7.92. The maximum absolute atomic E-state index is 13.2. The first kappa shape index (κ1) is 32.1. The molecule has 2 saturated heterocycles. The second kappa shape index (κ2) is 15.1. The molecule has 236 valence electrons. The highest BCUT2D eigenvalue weighted by atomic mass is 35.5. The molecule has 11 heteroatoms. The summed E-state index contributed by atoms with van der Waals surface area (Å²) in [6.07, 6.45) is 7.37. The molecule has 2 heterocycles. The number of nitrogens with one attached hydrogen (secondary N) is 2. The number of carbonyl (C=O) groups is 1. The molecule has 0 bridgehead atoms. The summed E-state index contributed by atoms with van der Waals surface area (Å²) in [5, 5.41) is 3.29. The molecule has 9 nitrogen and oxygen atoms in total. The third-order valence-electron chi connectivity index (χ3n) is 8.32. The second-order valence-electron chi connectivity index (χ2n) is 11.3. The predicted octanol–water partition coefficient (Wildman–Crippen LogP) is 6.01. The molecule has 2 aliphatic heterocycles. The minimum atomic E-state index is -3.96. The first-order chi connectivity index (χ1) is 21.3. The predicted molar refractivity (Wildman–Crippen MR) is 174 cm³/mol. The summed E-state index contributed by atoms with van der Waals surface area (Å²) in [4.78, 5) is 17.9. The lowest BCUT2D eigenvalue weighted by Crippen LogP contribution is -2.47. The fraction of sp³-hybridized carbons (Fsp3) is 0.424. The van der Waals surface area contributed by atoms with Gasteiger partial charge >= 0.3 is 0 Å². The third kappa shape index (κ3) is 8.44. The van der Waals surface area contributed by atoms with Gasteiger partial charge in [0.25, 0.3) is 15.9 Å². The van der Waals surface area contributed by atoms with Crippen LogP contribution in [0.25, 0.3) is 0 Å². The van der Waals surface area contributed by atoms with Gasteiger partial charge in [0.15, 0.2) is 5.75 Å². The monoisotopic (exact) mass is 640 g/mol. The number of piperidine rings is 2. The number of anilines is 1. The van der Waals surface area contributed by atoms with Crippen molar-refractivity contribution in [1.82, 2.24) is 15.1 Å². The number of halogens is 1. The van der Waals surface area contributed by atoms with Crippen LogP contribution < -0.4 is 19.5 Å². The van der Waals surface area contributed by atoms with Crippen molar-refractivity contribution in [3.8, 4) is 17.2 Å². The third-order valence-corrected chi connectivity index (χ3v) is 9.99. The smallest absolute Gasteiger partial charge is 0.262 e. The van der Waals surface area contributed by atoms with Crippen molar-refractivity contribution in [3.05, 3.63) is 77.3 Å². The van der Waals surface area contributed by atoms with E-state index in [9.17, 15) is 13.2 Å². The van der Waals surface area contributed by atoms with Crippen LogP contribution in [0.3, 0.4) is 0 Å². The van der Waals surface area contributed by atoms with E-state index in [-0.39, 0.29) is 22.2 Å². The largest absolute Gasteiger partial charge is 0.497 e. The summed E-state index contributed by atoms with van der Waals surface area (Å²) in [5.74, 6) is 0.991.